The third-order valence-corrected chi connectivity index (χ3v) is 3.98. The lowest BCUT2D eigenvalue weighted by atomic mass is 10.3. The molecule has 1 aromatic rings. The van der Waals surface area contributed by atoms with E-state index < -0.39 is 0 Å². The molecule has 2 nitrogen and oxygen atoms in total. The Balaban J connectivity index is 2.54. The van der Waals surface area contributed by atoms with E-state index in [0.717, 1.165) is 30.8 Å². The predicted octanol–water partition coefficient (Wildman–Crippen LogP) is 3.82. The van der Waals surface area contributed by atoms with Crippen LogP contribution in [0.3, 0.4) is 0 Å². The van der Waals surface area contributed by atoms with Crippen LogP contribution >= 0.6 is 11.8 Å². The van der Waals surface area contributed by atoms with Gasteiger partial charge in [-0.15, -0.1) is 11.8 Å². The number of thioether (sulfide) groups is 1. The van der Waals surface area contributed by atoms with E-state index in [1.807, 2.05) is 36.9 Å². The lowest BCUT2D eigenvalue weighted by Gasteiger charge is -2.24. The third kappa shape index (κ3) is 4.73. The van der Waals surface area contributed by atoms with Crippen molar-refractivity contribution in [3.63, 3.8) is 0 Å². The first-order valence-electron chi connectivity index (χ1n) is 6.69. The summed E-state index contributed by atoms with van der Waals surface area (Å²) >= 11 is 1.64. The molecule has 0 fully saturated rings. The lowest BCUT2D eigenvalue weighted by Crippen LogP contribution is -2.37. The van der Waals surface area contributed by atoms with Crippen LogP contribution < -0.4 is 0 Å². The molecule has 0 N–H and O–H groups in total. The van der Waals surface area contributed by atoms with E-state index in [2.05, 4.69) is 19.1 Å². The normalized spacial score (nSPS) is 12.2. The maximum atomic E-state index is 12.3. The third-order valence-electron chi connectivity index (χ3n) is 2.88. The molecule has 0 bridgehead atoms. The van der Waals surface area contributed by atoms with Crippen LogP contribution in [0.25, 0.3) is 0 Å². The number of carbonyl (C=O) groups is 1. The summed E-state index contributed by atoms with van der Waals surface area (Å²) in [5, 5.41) is -0.00999. The molecule has 0 saturated carbocycles. The van der Waals surface area contributed by atoms with Crippen LogP contribution in [-0.2, 0) is 4.79 Å². The van der Waals surface area contributed by atoms with Gasteiger partial charge in [0, 0.05) is 18.0 Å². The van der Waals surface area contributed by atoms with E-state index in [-0.39, 0.29) is 11.2 Å². The average Bonchev–Trinajstić information content (AvgIpc) is 2.40. The molecule has 0 spiro atoms. The molecule has 100 valence electrons. The molecule has 1 unspecified atom stereocenters. The number of benzene rings is 1. The first-order chi connectivity index (χ1) is 8.69. The van der Waals surface area contributed by atoms with E-state index in [1.54, 1.807) is 11.8 Å². The number of nitrogens with zero attached hydrogens (tertiary/aromatic N) is 1. The quantitative estimate of drug-likeness (QED) is 0.699. The van der Waals surface area contributed by atoms with E-state index in [0.29, 0.717) is 0 Å². The van der Waals surface area contributed by atoms with Crippen LogP contribution in [0.5, 0.6) is 0 Å². The van der Waals surface area contributed by atoms with Crippen LogP contribution in [-0.4, -0.2) is 29.1 Å². The van der Waals surface area contributed by atoms with Crippen molar-refractivity contribution < 1.29 is 4.79 Å². The van der Waals surface area contributed by atoms with Gasteiger partial charge in [-0.05, 0) is 32.4 Å². The van der Waals surface area contributed by atoms with E-state index in [1.165, 1.54) is 0 Å². The van der Waals surface area contributed by atoms with Crippen LogP contribution in [0.2, 0.25) is 0 Å². The van der Waals surface area contributed by atoms with Gasteiger partial charge in [-0.3, -0.25) is 4.79 Å². The summed E-state index contributed by atoms with van der Waals surface area (Å²) < 4.78 is 0. The van der Waals surface area contributed by atoms with Crippen LogP contribution in [0, 0.1) is 0 Å². The van der Waals surface area contributed by atoms with E-state index in [4.69, 9.17) is 0 Å². The summed E-state index contributed by atoms with van der Waals surface area (Å²) in [5.74, 6) is 0.250. The highest BCUT2D eigenvalue weighted by molar-refractivity contribution is 8.00. The Kier molecular flexibility index (Phi) is 6.88. The van der Waals surface area contributed by atoms with Crippen molar-refractivity contribution in [2.24, 2.45) is 0 Å². The molecule has 3 heteroatoms. The van der Waals surface area contributed by atoms with Crippen molar-refractivity contribution in [1.82, 2.24) is 4.90 Å². The molecule has 0 aromatic heterocycles. The second-order valence-electron chi connectivity index (χ2n) is 4.34. The standard InChI is InChI=1S/C15H23NOS/c1-4-6-12-16(5-2)15(17)13(3)18-14-10-8-7-9-11-14/h7-11,13H,4-6,12H2,1-3H3. The molecule has 0 radical (unpaired) electrons. The SMILES string of the molecule is CCCCN(CC)C(=O)C(C)Sc1ccccc1. The number of hydrogen-bond acceptors (Lipinski definition) is 2. The number of carbonyl (C=O) groups excluding carboxylic acids is 1. The molecule has 1 atom stereocenters. The van der Waals surface area contributed by atoms with Crippen molar-refractivity contribution >= 4 is 17.7 Å². The Morgan fingerprint density at radius 1 is 1.28 bits per heavy atom. The van der Waals surface area contributed by atoms with Crippen molar-refractivity contribution in [2.45, 2.75) is 43.8 Å². The smallest absolute Gasteiger partial charge is 0.235 e. The van der Waals surface area contributed by atoms with Gasteiger partial charge in [0.15, 0.2) is 0 Å². The topological polar surface area (TPSA) is 20.3 Å². The van der Waals surface area contributed by atoms with E-state index in [9.17, 15) is 4.79 Å². The van der Waals surface area contributed by atoms with Crippen molar-refractivity contribution in [3.8, 4) is 0 Å². The molecule has 0 saturated heterocycles. The van der Waals surface area contributed by atoms with Gasteiger partial charge in [-0.2, -0.15) is 0 Å². The molecule has 1 rings (SSSR count). The van der Waals surface area contributed by atoms with Gasteiger partial charge in [0.1, 0.15) is 0 Å². The van der Waals surface area contributed by atoms with Gasteiger partial charge in [0.2, 0.25) is 5.91 Å². The first kappa shape index (κ1) is 15.1. The predicted molar refractivity (Wildman–Crippen MR) is 78.9 cm³/mol. The second-order valence-corrected chi connectivity index (χ2v) is 5.76. The number of unbranched alkanes of at least 4 members (excludes halogenated alkanes) is 1. The minimum Gasteiger partial charge on any atom is -0.342 e. The lowest BCUT2D eigenvalue weighted by molar-refractivity contribution is -0.130. The Morgan fingerprint density at radius 3 is 2.50 bits per heavy atom. The highest BCUT2D eigenvalue weighted by atomic mass is 32.2. The minimum atomic E-state index is -0.00999. The Morgan fingerprint density at radius 2 is 1.94 bits per heavy atom. The fourth-order valence-corrected chi connectivity index (χ4v) is 2.76. The largest absolute Gasteiger partial charge is 0.342 e. The summed E-state index contributed by atoms with van der Waals surface area (Å²) in [6, 6.07) is 10.1. The van der Waals surface area contributed by atoms with Gasteiger partial charge in [-0.1, -0.05) is 31.5 Å². The number of rotatable bonds is 7. The van der Waals surface area contributed by atoms with Crippen molar-refractivity contribution in [1.29, 1.82) is 0 Å². The summed E-state index contributed by atoms with van der Waals surface area (Å²) in [6.45, 7) is 7.88. The maximum Gasteiger partial charge on any atom is 0.235 e. The highest BCUT2D eigenvalue weighted by Crippen LogP contribution is 2.24. The summed E-state index contributed by atoms with van der Waals surface area (Å²) in [6.07, 6.45) is 2.21. The zero-order chi connectivity index (χ0) is 13.4. The Bertz CT molecular complexity index is 353. The van der Waals surface area contributed by atoms with E-state index >= 15 is 0 Å². The number of amides is 1. The van der Waals surface area contributed by atoms with Gasteiger partial charge in [0.25, 0.3) is 0 Å². The molecular weight excluding hydrogens is 242 g/mol. The molecule has 0 aliphatic rings. The van der Waals surface area contributed by atoms with Crippen LogP contribution in [0.15, 0.2) is 35.2 Å². The fraction of sp³-hybridized carbons (Fsp3) is 0.533. The summed E-state index contributed by atoms with van der Waals surface area (Å²) in [5.41, 5.74) is 0. The summed E-state index contributed by atoms with van der Waals surface area (Å²) in [4.78, 5) is 15.4. The van der Waals surface area contributed by atoms with Gasteiger partial charge < -0.3 is 4.90 Å². The Hall–Kier alpha value is -0.960. The Labute approximate surface area is 115 Å². The molecule has 0 aliphatic carbocycles. The second kappa shape index (κ2) is 8.20. The van der Waals surface area contributed by atoms with Gasteiger partial charge in [0.05, 0.1) is 5.25 Å². The maximum absolute atomic E-state index is 12.3. The molecule has 18 heavy (non-hydrogen) atoms. The summed E-state index contributed by atoms with van der Waals surface area (Å²) in [7, 11) is 0. The zero-order valence-electron chi connectivity index (χ0n) is 11.6. The van der Waals surface area contributed by atoms with Gasteiger partial charge in [-0.25, -0.2) is 0 Å². The van der Waals surface area contributed by atoms with Crippen molar-refractivity contribution in [2.75, 3.05) is 13.1 Å². The number of hydrogen-bond donors (Lipinski definition) is 0. The molecule has 1 aromatic carbocycles. The first-order valence-corrected chi connectivity index (χ1v) is 7.57. The van der Waals surface area contributed by atoms with Crippen molar-refractivity contribution in [3.05, 3.63) is 30.3 Å². The van der Waals surface area contributed by atoms with Gasteiger partial charge >= 0.3 is 0 Å². The molecule has 0 aliphatic heterocycles. The monoisotopic (exact) mass is 265 g/mol. The van der Waals surface area contributed by atoms with Crippen LogP contribution in [0.1, 0.15) is 33.6 Å². The minimum absolute atomic E-state index is 0.00999. The molecule has 0 heterocycles. The zero-order valence-corrected chi connectivity index (χ0v) is 12.4. The molecule has 1 amide bonds. The molecular formula is C15H23NOS. The highest BCUT2D eigenvalue weighted by Gasteiger charge is 2.19. The van der Waals surface area contributed by atoms with Crippen LogP contribution in [0.4, 0.5) is 0 Å². The average molecular weight is 265 g/mol. The fourth-order valence-electron chi connectivity index (χ4n) is 1.78.